The third-order valence-corrected chi connectivity index (χ3v) is 3.64. The number of hydrogen-bond donors (Lipinski definition) is 2. The minimum absolute atomic E-state index is 0.0614. The average Bonchev–Trinajstić information content (AvgIpc) is 2.39. The molecule has 0 saturated heterocycles. The van der Waals surface area contributed by atoms with Crippen molar-refractivity contribution in [2.45, 2.75) is 71.5 Å². The molecule has 0 bridgehead atoms. The smallest absolute Gasteiger partial charge is 0.222 e. The first-order valence-electron chi connectivity index (χ1n) is 8.04. The fourth-order valence-corrected chi connectivity index (χ4v) is 2.64. The Morgan fingerprint density at radius 1 is 1.24 bits per heavy atom. The first-order chi connectivity index (χ1) is 9.78. The molecule has 5 heteroatoms. The lowest BCUT2D eigenvalue weighted by molar-refractivity contribution is -0.124. The van der Waals surface area contributed by atoms with Gasteiger partial charge in [0.2, 0.25) is 5.91 Å². The lowest BCUT2D eigenvalue weighted by Crippen LogP contribution is -2.51. The molecule has 0 aromatic carbocycles. The summed E-state index contributed by atoms with van der Waals surface area (Å²) in [4.78, 5) is 14.5. The Kier molecular flexibility index (Phi) is 9.83. The molecular weight excluding hydrogens is 266 g/mol. The van der Waals surface area contributed by atoms with Crippen molar-refractivity contribution in [3.63, 3.8) is 0 Å². The van der Waals surface area contributed by atoms with Crippen molar-refractivity contribution in [1.29, 1.82) is 0 Å². The maximum Gasteiger partial charge on any atom is 0.222 e. The second kappa shape index (κ2) is 10.1. The molecule has 3 N–H and O–H groups in total. The van der Waals surface area contributed by atoms with Crippen LogP contribution in [0.15, 0.2) is 0 Å². The summed E-state index contributed by atoms with van der Waals surface area (Å²) in [7, 11) is 1.70. The Bertz CT molecular complexity index is 286. The van der Waals surface area contributed by atoms with E-state index in [1.165, 1.54) is 0 Å². The zero-order chi connectivity index (χ0) is 16.5. The molecule has 0 aliphatic rings. The number of methoxy groups -OCH3 is 1. The van der Waals surface area contributed by atoms with Gasteiger partial charge in [0.1, 0.15) is 0 Å². The third-order valence-electron chi connectivity index (χ3n) is 3.64. The topological polar surface area (TPSA) is 67.6 Å². The van der Waals surface area contributed by atoms with Crippen LogP contribution >= 0.6 is 0 Å². The normalized spacial score (nSPS) is 13.8. The molecule has 1 atom stereocenters. The number of nitrogens with zero attached hydrogens (tertiary/aromatic N) is 1. The molecule has 0 saturated carbocycles. The van der Waals surface area contributed by atoms with Crippen LogP contribution in [0.1, 0.15) is 53.9 Å². The van der Waals surface area contributed by atoms with Crippen LogP contribution in [0.4, 0.5) is 0 Å². The van der Waals surface area contributed by atoms with Gasteiger partial charge in [-0.15, -0.1) is 0 Å². The van der Waals surface area contributed by atoms with Crippen LogP contribution in [-0.4, -0.2) is 55.2 Å². The van der Waals surface area contributed by atoms with E-state index >= 15 is 0 Å². The van der Waals surface area contributed by atoms with Crippen LogP contribution in [0.2, 0.25) is 0 Å². The molecule has 126 valence electrons. The predicted octanol–water partition coefficient (Wildman–Crippen LogP) is 1.76. The van der Waals surface area contributed by atoms with E-state index in [1.54, 1.807) is 7.11 Å². The third kappa shape index (κ3) is 8.39. The predicted molar refractivity (Wildman–Crippen MR) is 88.3 cm³/mol. The van der Waals surface area contributed by atoms with Crippen molar-refractivity contribution in [1.82, 2.24) is 10.2 Å². The summed E-state index contributed by atoms with van der Waals surface area (Å²) in [6.07, 6.45) is 2.54. The Hall–Kier alpha value is -0.650. The van der Waals surface area contributed by atoms with Crippen molar-refractivity contribution in [2.75, 3.05) is 26.8 Å². The number of amides is 1. The summed E-state index contributed by atoms with van der Waals surface area (Å²) in [5.41, 5.74) is 5.74. The van der Waals surface area contributed by atoms with Gasteiger partial charge in [-0.2, -0.15) is 0 Å². The lowest BCUT2D eigenvalue weighted by Gasteiger charge is -2.37. The maximum atomic E-state index is 12.2. The van der Waals surface area contributed by atoms with Gasteiger partial charge >= 0.3 is 0 Å². The van der Waals surface area contributed by atoms with E-state index in [-0.39, 0.29) is 17.5 Å². The number of ether oxygens (including phenoxy) is 1. The first-order valence-corrected chi connectivity index (χ1v) is 8.04. The molecule has 0 rings (SSSR count). The van der Waals surface area contributed by atoms with E-state index in [0.717, 1.165) is 19.4 Å². The van der Waals surface area contributed by atoms with E-state index in [1.807, 2.05) is 20.8 Å². The van der Waals surface area contributed by atoms with Crippen LogP contribution in [0.3, 0.4) is 0 Å². The van der Waals surface area contributed by atoms with E-state index in [9.17, 15) is 4.79 Å². The number of rotatable bonds is 10. The van der Waals surface area contributed by atoms with Gasteiger partial charge in [0.05, 0.1) is 6.61 Å². The molecule has 0 aliphatic heterocycles. The zero-order valence-corrected chi connectivity index (χ0v) is 14.7. The zero-order valence-electron chi connectivity index (χ0n) is 14.7. The molecule has 21 heavy (non-hydrogen) atoms. The van der Waals surface area contributed by atoms with Gasteiger partial charge in [-0.3, -0.25) is 9.69 Å². The first kappa shape index (κ1) is 20.3. The van der Waals surface area contributed by atoms with Gasteiger partial charge in [0.25, 0.3) is 0 Å². The van der Waals surface area contributed by atoms with Crippen molar-refractivity contribution in [2.24, 2.45) is 5.73 Å². The Morgan fingerprint density at radius 3 is 2.19 bits per heavy atom. The molecule has 0 aliphatic carbocycles. The summed E-state index contributed by atoms with van der Waals surface area (Å²) in [6.45, 7) is 12.3. The Labute approximate surface area is 130 Å². The van der Waals surface area contributed by atoms with Crippen LogP contribution in [0, 0.1) is 0 Å². The highest BCUT2D eigenvalue weighted by molar-refractivity contribution is 5.77. The number of nitrogens with two attached hydrogens (primary N) is 1. The summed E-state index contributed by atoms with van der Waals surface area (Å²) >= 11 is 0. The van der Waals surface area contributed by atoms with Crippen LogP contribution in [0.5, 0.6) is 0 Å². The number of nitrogens with one attached hydrogen (secondary N) is 1. The van der Waals surface area contributed by atoms with Crippen molar-refractivity contribution < 1.29 is 9.53 Å². The van der Waals surface area contributed by atoms with Gasteiger partial charge in [0.15, 0.2) is 0 Å². The molecule has 1 amide bonds. The largest absolute Gasteiger partial charge is 0.383 e. The van der Waals surface area contributed by atoms with Crippen LogP contribution in [-0.2, 0) is 9.53 Å². The molecule has 0 fully saturated rings. The summed E-state index contributed by atoms with van der Waals surface area (Å²) in [6, 6.07) is 0.503. The maximum absolute atomic E-state index is 12.2. The van der Waals surface area contributed by atoms with Crippen LogP contribution < -0.4 is 11.1 Å². The van der Waals surface area contributed by atoms with Gasteiger partial charge in [-0.1, -0.05) is 13.8 Å². The van der Waals surface area contributed by atoms with Crippen molar-refractivity contribution >= 4 is 5.91 Å². The molecule has 1 unspecified atom stereocenters. The highest BCUT2D eigenvalue weighted by Crippen LogP contribution is 2.15. The fraction of sp³-hybridized carbons (Fsp3) is 0.938. The standard InChI is InChI=1S/C16H35N3O2/c1-7-13(8-2)19(9-10-21-6)14(12-17)11-15(20)18-16(3,4)5/h13-14H,7-12,17H2,1-6H3,(H,18,20). The lowest BCUT2D eigenvalue weighted by atomic mass is 10.0. The minimum Gasteiger partial charge on any atom is -0.383 e. The summed E-state index contributed by atoms with van der Waals surface area (Å²) in [5, 5.41) is 3.02. The molecule has 0 aromatic rings. The molecule has 0 aromatic heterocycles. The average molecular weight is 301 g/mol. The second-order valence-electron chi connectivity index (χ2n) is 6.59. The minimum atomic E-state index is -0.206. The fourth-order valence-electron chi connectivity index (χ4n) is 2.64. The Morgan fingerprint density at radius 2 is 1.81 bits per heavy atom. The highest BCUT2D eigenvalue weighted by Gasteiger charge is 2.26. The molecule has 0 spiro atoms. The van der Waals surface area contributed by atoms with Crippen molar-refractivity contribution in [3.8, 4) is 0 Å². The van der Waals surface area contributed by atoms with E-state index < -0.39 is 0 Å². The molecular formula is C16H35N3O2. The van der Waals surface area contributed by atoms with Crippen molar-refractivity contribution in [3.05, 3.63) is 0 Å². The monoisotopic (exact) mass is 301 g/mol. The molecule has 0 heterocycles. The summed E-state index contributed by atoms with van der Waals surface area (Å²) < 4.78 is 5.21. The second-order valence-corrected chi connectivity index (χ2v) is 6.59. The molecule has 0 radical (unpaired) electrons. The SMILES string of the molecule is CCC(CC)N(CCOC)C(CN)CC(=O)NC(C)(C)C. The molecule has 5 nitrogen and oxygen atoms in total. The van der Waals surface area contributed by atoms with E-state index in [2.05, 4.69) is 24.1 Å². The highest BCUT2D eigenvalue weighted by atomic mass is 16.5. The van der Waals surface area contributed by atoms with Gasteiger partial charge in [-0.05, 0) is 33.6 Å². The number of carbonyl (C=O) groups excluding carboxylic acids is 1. The van der Waals surface area contributed by atoms with Crippen LogP contribution in [0.25, 0.3) is 0 Å². The van der Waals surface area contributed by atoms with E-state index in [0.29, 0.717) is 25.6 Å². The number of carbonyl (C=O) groups is 1. The summed E-state index contributed by atoms with van der Waals surface area (Å²) in [5.74, 6) is 0.0614. The number of hydrogen-bond acceptors (Lipinski definition) is 4. The van der Waals surface area contributed by atoms with E-state index in [4.69, 9.17) is 10.5 Å². The van der Waals surface area contributed by atoms with Gasteiger partial charge in [0, 0.05) is 44.2 Å². The van der Waals surface area contributed by atoms with Gasteiger partial charge in [-0.25, -0.2) is 0 Å². The van der Waals surface area contributed by atoms with Gasteiger partial charge < -0.3 is 15.8 Å². The quantitative estimate of drug-likeness (QED) is 0.645. The Balaban J connectivity index is 4.83.